The SMILES string of the molecule is CC1(c2ccc(Cl)cc2)CCC1. The summed E-state index contributed by atoms with van der Waals surface area (Å²) in [4.78, 5) is 0. The highest BCUT2D eigenvalue weighted by atomic mass is 35.5. The van der Waals surface area contributed by atoms with E-state index in [2.05, 4.69) is 19.1 Å². The van der Waals surface area contributed by atoms with Gasteiger partial charge in [-0.1, -0.05) is 37.1 Å². The molecule has 1 aliphatic rings. The lowest BCUT2D eigenvalue weighted by molar-refractivity contribution is 0.272. The highest BCUT2D eigenvalue weighted by molar-refractivity contribution is 6.30. The lowest BCUT2D eigenvalue weighted by Gasteiger charge is -2.39. The Morgan fingerprint density at radius 2 is 1.75 bits per heavy atom. The lowest BCUT2D eigenvalue weighted by atomic mass is 9.66. The van der Waals surface area contributed by atoms with E-state index in [0.717, 1.165) is 5.02 Å². The van der Waals surface area contributed by atoms with Gasteiger partial charge in [-0.3, -0.25) is 0 Å². The molecule has 0 spiro atoms. The van der Waals surface area contributed by atoms with Gasteiger partial charge in [0.2, 0.25) is 0 Å². The van der Waals surface area contributed by atoms with E-state index < -0.39 is 0 Å². The van der Waals surface area contributed by atoms with E-state index >= 15 is 0 Å². The largest absolute Gasteiger partial charge is 0.0843 e. The molecular formula is C11H13Cl. The Labute approximate surface area is 78.6 Å². The molecule has 0 amide bonds. The third-order valence-electron chi connectivity index (χ3n) is 3.00. The van der Waals surface area contributed by atoms with Gasteiger partial charge in [0, 0.05) is 5.02 Å². The monoisotopic (exact) mass is 180 g/mol. The summed E-state index contributed by atoms with van der Waals surface area (Å²) >= 11 is 5.82. The van der Waals surface area contributed by atoms with Crippen LogP contribution in [0.15, 0.2) is 24.3 Å². The molecule has 0 aromatic heterocycles. The first-order chi connectivity index (χ1) is 5.71. The Morgan fingerprint density at radius 3 is 2.17 bits per heavy atom. The predicted octanol–water partition coefficient (Wildman–Crippen LogP) is 3.78. The van der Waals surface area contributed by atoms with Gasteiger partial charge in [0.1, 0.15) is 0 Å². The zero-order valence-electron chi connectivity index (χ0n) is 7.31. The summed E-state index contributed by atoms with van der Waals surface area (Å²) < 4.78 is 0. The molecule has 64 valence electrons. The average Bonchev–Trinajstić information content (AvgIpc) is 2.02. The minimum absolute atomic E-state index is 0.449. The molecule has 1 saturated carbocycles. The third kappa shape index (κ3) is 1.25. The fourth-order valence-electron chi connectivity index (χ4n) is 1.85. The van der Waals surface area contributed by atoms with E-state index in [9.17, 15) is 0 Å². The van der Waals surface area contributed by atoms with Crippen LogP contribution in [0.1, 0.15) is 31.7 Å². The summed E-state index contributed by atoms with van der Waals surface area (Å²) in [6.07, 6.45) is 4.03. The molecule has 0 unspecified atom stereocenters. The molecule has 0 heterocycles. The van der Waals surface area contributed by atoms with Gasteiger partial charge in [-0.2, -0.15) is 0 Å². The molecule has 0 radical (unpaired) electrons. The number of hydrogen-bond donors (Lipinski definition) is 0. The summed E-state index contributed by atoms with van der Waals surface area (Å²) in [5.41, 5.74) is 1.89. The van der Waals surface area contributed by atoms with E-state index in [4.69, 9.17) is 11.6 Å². The highest BCUT2D eigenvalue weighted by Gasteiger charge is 2.33. The number of halogens is 1. The van der Waals surface area contributed by atoms with Gasteiger partial charge in [-0.15, -0.1) is 0 Å². The van der Waals surface area contributed by atoms with Gasteiger partial charge in [0.15, 0.2) is 0 Å². The van der Waals surface area contributed by atoms with E-state index in [0.29, 0.717) is 5.41 Å². The van der Waals surface area contributed by atoms with Crippen molar-refractivity contribution < 1.29 is 0 Å². The van der Waals surface area contributed by atoms with Crippen LogP contribution in [0.25, 0.3) is 0 Å². The summed E-state index contributed by atoms with van der Waals surface area (Å²) in [5, 5.41) is 0.835. The van der Waals surface area contributed by atoms with E-state index in [1.807, 2.05) is 12.1 Å². The van der Waals surface area contributed by atoms with E-state index in [1.165, 1.54) is 24.8 Å². The Kier molecular flexibility index (Phi) is 1.88. The first-order valence-corrected chi connectivity index (χ1v) is 4.85. The molecule has 0 atom stereocenters. The van der Waals surface area contributed by atoms with Gasteiger partial charge in [0.05, 0.1) is 0 Å². The van der Waals surface area contributed by atoms with Crippen molar-refractivity contribution in [1.29, 1.82) is 0 Å². The summed E-state index contributed by atoms with van der Waals surface area (Å²) in [7, 11) is 0. The quantitative estimate of drug-likeness (QED) is 0.617. The van der Waals surface area contributed by atoms with Gasteiger partial charge < -0.3 is 0 Å². The van der Waals surface area contributed by atoms with Crippen molar-refractivity contribution in [2.24, 2.45) is 0 Å². The van der Waals surface area contributed by atoms with Gasteiger partial charge in [-0.05, 0) is 36.0 Å². The third-order valence-corrected chi connectivity index (χ3v) is 3.25. The Hall–Kier alpha value is -0.490. The Morgan fingerprint density at radius 1 is 1.17 bits per heavy atom. The van der Waals surface area contributed by atoms with Crippen LogP contribution >= 0.6 is 11.6 Å². The molecule has 0 nitrogen and oxygen atoms in total. The molecule has 1 aromatic carbocycles. The van der Waals surface area contributed by atoms with Crippen molar-refractivity contribution in [3.8, 4) is 0 Å². The van der Waals surface area contributed by atoms with Crippen molar-refractivity contribution in [3.63, 3.8) is 0 Å². The smallest absolute Gasteiger partial charge is 0.0406 e. The van der Waals surface area contributed by atoms with Gasteiger partial charge in [0.25, 0.3) is 0 Å². The molecular weight excluding hydrogens is 168 g/mol. The van der Waals surface area contributed by atoms with E-state index in [1.54, 1.807) is 0 Å². The Bertz CT molecular complexity index is 270. The second-order valence-electron chi connectivity index (χ2n) is 3.92. The van der Waals surface area contributed by atoms with Crippen LogP contribution in [-0.2, 0) is 5.41 Å². The molecule has 1 fully saturated rings. The van der Waals surface area contributed by atoms with Crippen molar-refractivity contribution in [3.05, 3.63) is 34.9 Å². The van der Waals surface area contributed by atoms with Crippen LogP contribution in [0.5, 0.6) is 0 Å². The van der Waals surface area contributed by atoms with E-state index in [-0.39, 0.29) is 0 Å². The van der Waals surface area contributed by atoms with Crippen LogP contribution in [0.2, 0.25) is 5.02 Å². The second-order valence-corrected chi connectivity index (χ2v) is 4.36. The lowest BCUT2D eigenvalue weighted by Crippen LogP contribution is -2.30. The number of hydrogen-bond acceptors (Lipinski definition) is 0. The highest BCUT2D eigenvalue weighted by Crippen LogP contribution is 2.43. The zero-order valence-corrected chi connectivity index (χ0v) is 8.06. The topological polar surface area (TPSA) is 0 Å². The summed E-state index contributed by atoms with van der Waals surface area (Å²) in [6, 6.07) is 8.28. The van der Waals surface area contributed by atoms with Crippen LogP contribution in [0.3, 0.4) is 0 Å². The number of rotatable bonds is 1. The molecule has 1 aromatic rings. The van der Waals surface area contributed by atoms with Crippen LogP contribution in [-0.4, -0.2) is 0 Å². The predicted molar refractivity (Wildman–Crippen MR) is 52.7 cm³/mol. The maximum atomic E-state index is 5.82. The van der Waals surface area contributed by atoms with Crippen molar-refractivity contribution in [2.75, 3.05) is 0 Å². The Balaban J connectivity index is 2.28. The minimum Gasteiger partial charge on any atom is -0.0843 e. The summed E-state index contributed by atoms with van der Waals surface area (Å²) in [5.74, 6) is 0. The van der Waals surface area contributed by atoms with Crippen molar-refractivity contribution in [2.45, 2.75) is 31.6 Å². The van der Waals surface area contributed by atoms with Gasteiger partial charge >= 0.3 is 0 Å². The number of benzene rings is 1. The fraction of sp³-hybridized carbons (Fsp3) is 0.455. The first kappa shape index (κ1) is 8.12. The molecule has 0 bridgehead atoms. The maximum absolute atomic E-state index is 5.82. The standard InChI is InChI=1S/C11H13Cl/c1-11(7-2-8-11)9-3-5-10(12)6-4-9/h3-6H,2,7-8H2,1H3. The molecule has 12 heavy (non-hydrogen) atoms. The fourth-order valence-corrected chi connectivity index (χ4v) is 1.97. The normalized spacial score (nSPS) is 20.2. The molecule has 0 saturated heterocycles. The molecule has 0 aliphatic heterocycles. The van der Waals surface area contributed by atoms with Crippen LogP contribution in [0.4, 0.5) is 0 Å². The summed E-state index contributed by atoms with van der Waals surface area (Å²) in [6.45, 7) is 2.33. The molecule has 0 N–H and O–H groups in total. The molecule has 2 rings (SSSR count). The van der Waals surface area contributed by atoms with Crippen LogP contribution < -0.4 is 0 Å². The molecule has 1 aliphatic carbocycles. The van der Waals surface area contributed by atoms with Gasteiger partial charge in [-0.25, -0.2) is 0 Å². The maximum Gasteiger partial charge on any atom is 0.0406 e. The second kappa shape index (κ2) is 2.77. The van der Waals surface area contributed by atoms with Crippen molar-refractivity contribution in [1.82, 2.24) is 0 Å². The molecule has 1 heteroatoms. The first-order valence-electron chi connectivity index (χ1n) is 4.47. The average molecular weight is 181 g/mol. The zero-order chi connectivity index (χ0) is 8.60. The van der Waals surface area contributed by atoms with Crippen LogP contribution in [0, 0.1) is 0 Å². The van der Waals surface area contributed by atoms with Crippen molar-refractivity contribution >= 4 is 11.6 Å². The minimum atomic E-state index is 0.449.